The summed E-state index contributed by atoms with van der Waals surface area (Å²) in [6.45, 7) is 7.22. The molecule has 0 radical (unpaired) electrons. The molecule has 2 aromatic rings. The molecule has 2 heterocycles. The lowest BCUT2D eigenvalue weighted by Gasteiger charge is -2.10. The molecule has 0 aliphatic carbocycles. The number of anilines is 1. The summed E-state index contributed by atoms with van der Waals surface area (Å²) >= 11 is 1.72. The minimum atomic E-state index is 0.264. The van der Waals surface area contributed by atoms with Gasteiger partial charge in [-0.15, -0.1) is 11.3 Å². The molecule has 2 rings (SSSR count). The van der Waals surface area contributed by atoms with Crippen LogP contribution >= 0.6 is 11.3 Å². The molecule has 0 aliphatic heterocycles. The van der Waals surface area contributed by atoms with Crippen LogP contribution in [0.5, 0.6) is 0 Å². The van der Waals surface area contributed by atoms with Gasteiger partial charge < -0.3 is 11.1 Å². The van der Waals surface area contributed by atoms with Crippen molar-refractivity contribution in [2.75, 3.05) is 11.9 Å². The maximum Gasteiger partial charge on any atom is 0.138 e. The number of rotatable bonds is 5. The molecule has 1 atom stereocenters. The molecule has 3 N–H and O–H groups in total. The number of aryl methyl sites for hydroxylation is 2. The van der Waals surface area contributed by atoms with E-state index in [1.807, 2.05) is 0 Å². The first-order chi connectivity index (χ1) is 8.63. The number of nitrogens with two attached hydrogens (primary N) is 1. The Bertz CT molecular complexity index is 535. The Kier molecular flexibility index (Phi) is 4.14. The maximum absolute atomic E-state index is 5.91. The number of fused-ring (bicyclic) bond motifs is 1. The molecule has 1 unspecified atom stereocenters. The summed E-state index contributed by atoms with van der Waals surface area (Å²) < 4.78 is 0. The van der Waals surface area contributed by atoms with Crippen molar-refractivity contribution in [3.8, 4) is 0 Å². The van der Waals surface area contributed by atoms with Gasteiger partial charge in [-0.1, -0.05) is 6.92 Å². The van der Waals surface area contributed by atoms with Crippen molar-refractivity contribution in [1.29, 1.82) is 0 Å². The van der Waals surface area contributed by atoms with Crippen LogP contribution in [0.4, 0.5) is 5.82 Å². The van der Waals surface area contributed by atoms with Crippen LogP contribution in [0.1, 0.15) is 30.2 Å². The summed E-state index contributed by atoms with van der Waals surface area (Å²) in [5, 5.41) is 4.54. The van der Waals surface area contributed by atoms with E-state index < -0.39 is 0 Å². The van der Waals surface area contributed by atoms with E-state index in [0.717, 1.165) is 35.4 Å². The van der Waals surface area contributed by atoms with Crippen molar-refractivity contribution in [3.05, 3.63) is 16.8 Å². The van der Waals surface area contributed by atoms with Gasteiger partial charge in [0.2, 0.25) is 0 Å². The van der Waals surface area contributed by atoms with Gasteiger partial charge >= 0.3 is 0 Å². The summed E-state index contributed by atoms with van der Waals surface area (Å²) in [5.74, 6) is 0.935. The van der Waals surface area contributed by atoms with Crippen LogP contribution in [0.3, 0.4) is 0 Å². The van der Waals surface area contributed by atoms with Crippen LogP contribution in [0.15, 0.2) is 6.33 Å². The second-order valence-corrected chi connectivity index (χ2v) is 5.77. The minimum absolute atomic E-state index is 0.264. The Hall–Kier alpha value is -1.20. The molecule has 2 aromatic heterocycles. The molecule has 0 fully saturated rings. The summed E-state index contributed by atoms with van der Waals surface area (Å²) in [5.41, 5.74) is 7.19. The van der Waals surface area contributed by atoms with E-state index in [4.69, 9.17) is 5.73 Å². The van der Waals surface area contributed by atoms with E-state index >= 15 is 0 Å². The normalized spacial score (nSPS) is 12.9. The SMILES string of the molecule is CCC(N)CCNc1ncnc2sc(C)c(C)c12. The molecule has 0 aliphatic rings. The highest BCUT2D eigenvalue weighted by Crippen LogP contribution is 2.32. The van der Waals surface area contributed by atoms with E-state index in [-0.39, 0.29) is 6.04 Å². The number of aromatic nitrogens is 2. The molecule has 0 saturated heterocycles. The molecule has 0 aromatic carbocycles. The lowest BCUT2D eigenvalue weighted by Crippen LogP contribution is -2.22. The standard InChI is InChI=1S/C13H20N4S/c1-4-10(14)5-6-15-12-11-8(2)9(3)18-13(11)17-7-16-12/h7,10H,4-6,14H2,1-3H3,(H,15,16,17). The highest BCUT2D eigenvalue weighted by atomic mass is 32.1. The topological polar surface area (TPSA) is 63.8 Å². The molecule has 0 bridgehead atoms. The molecule has 18 heavy (non-hydrogen) atoms. The second kappa shape index (κ2) is 5.63. The highest BCUT2D eigenvalue weighted by Gasteiger charge is 2.11. The molecule has 0 spiro atoms. The quantitative estimate of drug-likeness (QED) is 0.871. The van der Waals surface area contributed by atoms with Crippen molar-refractivity contribution < 1.29 is 0 Å². The molecule has 4 nitrogen and oxygen atoms in total. The predicted octanol–water partition coefficient (Wildman–Crippen LogP) is 2.85. The Balaban J connectivity index is 2.18. The van der Waals surface area contributed by atoms with Gasteiger partial charge in [0, 0.05) is 17.5 Å². The van der Waals surface area contributed by atoms with Crippen LogP contribution in [0, 0.1) is 13.8 Å². The zero-order chi connectivity index (χ0) is 13.1. The number of thiophene rings is 1. The third kappa shape index (κ3) is 2.62. The maximum atomic E-state index is 5.91. The zero-order valence-electron chi connectivity index (χ0n) is 11.2. The fraction of sp³-hybridized carbons (Fsp3) is 0.538. The Labute approximate surface area is 112 Å². The lowest BCUT2D eigenvalue weighted by atomic mass is 10.1. The number of nitrogens with zero attached hydrogens (tertiary/aromatic N) is 2. The van der Waals surface area contributed by atoms with Gasteiger partial charge in [0.1, 0.15) is 17.0 Å². The first-order valence-corrected chi connectivity index (χ1v) is 7.15. The summed E-state index contributed by atoms with van der Waals surface area (Å²) in [6, 6.07) is 0.264. The van der Waals surface area contributed by atoms with E-state index in [0.29, 0.717) is 0 Å². The van der Waals surface area contributed by atoms with Crippen molar-refractivity contribution in [1.82, 2.24) is 9.97 Å². The summed E-state index contributed by atoms with van der Waals surface area (Å²) in [6.07, 6.45) is 3.60. The number of hydrogen-bond acceptors (Lipinski definition) is 5. The van der Waals surface area contributed by atoms with Crippen LogP contribution < -0.4 is 11.1 Å². The Morgan fingerprint density at radius 1 is 1.39 bits per heavy atom. The number of hydrogen-bond donors (Lipinski definition) is 2. The predicted molar refractivity (Wildman–Crippen MR) is 78.3 cm³/mol. The van der Waals surface area contributed by atoms with Crippen LogP contribution in [-0.2, 0) is 0 Å². The highest BCUT2D eigenvalue weighted by molar-refractivity contribution is 7.18. The minimum Gasteiger partial charge on any atom is -0.369 e. The van der Waals surface area contributed by atoms with Gasteiger partial charge in [0.05, 0.1) is 5.39 Å². The van der Waals surface area contributed by atoms with E-state index in [1.54, 1.807) is 17.7 Å². The van der Waals surface area contributed by atoms with Crippen LogP contribution in [-0.4, -0.2) is 22.6 Å². The van der Waals surface area contributed by atoms with Crippen molar-refractivity contribution in [2.24, 2.45) is 5.73 Å². The van der Waals surface area contributed by atoms with Crippen molar-refractivity contribution in [3.63, 3.8) is 0 Å². The Morgan fingerprint density at radius 3 is 2.89 bits per heavy atom. The van der Waals surface area contributed by atoms with Gasteiger partial charge in [0.25, 0.3) is 0 Å². The fourth-order valence-electron chi connectivity index (χ4n) is 1.90. The van der Waals surface area contributed by atoms with Gasteiger partial charge in [0.15, 0.2) is 0 Å². The lowest BCUT2D eigenvalue weighted by molar-refractivity contribution is 0.613. The van der Waals surface area contributed by atoms with E-state index in [2.05, 4.69) is 36.1 Å². The van der Waals surface area contributed by atoms with Gasteiger partial charge in [-0.3, -0.25) is 0 Å². The molecule has 98 valence electrons. The smallest absolute Gasteiger partial charge is 0.138 e. The van der Waals surface area contributed by atoms with Gasteiger partial charge in [-0.2, -0.15) is 0 Å². The van der Waals surface area contributed by atoms with Gasteiger partial charge in [-0.25, -0.2) is 9.97 Å². The molecule has 0 saturated carbocycles. The Morgan fingerprint density at radius 2 is 2.17 bits per heavy atom. The second-order valence-electron chi connectivity index (χ2n) is 4.57. The van der Waals surface area contributed by atoms with E-state index in [9.17, 15) is 0 Å². The average Bonchev–Trinajstić information content (AvgIpc) is 2.66. The number of nitrogens with one attached hydrogen (secondary N) is 1. The molecular weight excluding hydrogens is 244 g/mol. The van der Waals surface area contributed by atoms with E-state index in [1.165, 1.54) is 10.4 Å². The first kappa shape index (κ1) is 13.2. The fourth-order valence-corrected chi connectivity index (χ4v) is 2.89. The third-order valence-electron chi connectivity index (χ3n) is 3.30. The molecular formula is C13H20N4S. The van der Waals surface area contributed by atoms with Gasteiger partial charge in [-0.05, 0) is 32.3 Å². The molecule has 0 amide bonds. The van der Waals surface area contributed by atoms with Crippen molar-refractivity contribution >= 4 is 27.4 Å². The summed E-state index contributed by atoms with van der Waals surface area (Å²) in [7, 11) is 0. The van der Waals surface area contributed by atoms with Crippen molar-refractivity contribution in [2.45, 2.75) is 39.7 Å². The summed E-state index contributed by atoms with van der Waals surface area (Å²) in [4.78, 5) is 11.0. The molecule has 5 heteroatoms. The zero-order valence-corrected chi connectivity index (χ0v) is 12.0. The average molecular weight is 264 g/mol. The monoisotopic (exact) mass is 264 g/mol. The first-order valence-electron chi connectivity index (χ1n) is 6.33. The third-order valence-corrected chi connectivity index (χ3v) is 4.41. The largest absolute Gasteiger partial charge is 0.369 e. The van der Waals surface area contributed by atoms with Crippen LogP contribution in [0.2, 0.25) is 0 Å². The van der Waals surface area contributed by atoms with Crippen LogP contribution in [0.25, 0.3) is 10.2 Å².